The lowest BCUT2D eigenvalue weighted by Crippen LogP contribution is -2.31. The number of nitrogens with one attached hydrogen (secondary N) is 1. The van der Waals surface area contributed by atoms with E-state index in [4.69, 9.17) is 11.6 Å². The van der Waals surface area contributed by atoms with Gasteiger partial charge in [0.2, 0.25) is 0 Å². The Morgan fingerprint density at radius 1 is 1.30 bits per heavy atom. The van der Waals surface area contributed by atoms with Crippen LogP contribution in [0.3, 0.4) is 0 Å². The molecule has 0 spiro atoms. The van der Waals surface area contributed by atoms with Crippen molar-refractivity contribution in [3.63, 3.8) is 0 Å². The molecule has 20 heavy (non-hydrogen) atoms. The van der Waals surface area contributed by atoms with Gasteiger partial charge in [0.15, 0.2) is 0 Å². The number of alkyl halides is 3. The van der Waals surface area contributed by atoms with Gasteiger partial charge in [-0.2, -0.15) is 13.2 Å². The second-order valence-electron chi connectivity index (χ2n) is 5.44. The van der Waals surface area contributed by atoms with E-state index in [1.165, 1.54) is 6.07 Å². The molecule has 1 aliphatic heterocycles. The quantitative estimate of drug-likeness (QED) is 0.898. The molecule has 0 aromatic heterocycles. The SMILES string of the molecule is CC(C)N1CCC(Nc2cc(Cl)cc(C(F)(F)F)c2)C1. The highest BCUT2D eigenvalue weighted by atomic mass is 35.5. The molecule has 1 heterocycles. The van der Waals surface area contributed by atoms with Gasteiger partial charge in [-0.3, -0.25) is 4.90 Å². The molecular formula is C14H18ClF3N2. The zero-order chi connectivity index (χ0) is 14.9. The van der Waals surface area contributed by atoms with Crippen molar-refractivity contribution < 1.29 is 13.2 Å². The summed E-state index contributed by atoms with van der Waals surface area (Å²) in [6.07, 6.45) is -3.45. The van der Waals surface area contributed by atoms with Crippen molar-refractivity contribution in [2.75, 3.05) is 18.4 Å². The molecule has 0 aliphatic carbocycles. The fourth-order valence-corrected chi connectivity index (χ4v) is 2.68. The zero-order valence-corrected chi connectivity index (χ0v) is 12.2. The van der Waals surface area contributed by atoms with Crippen LogP contribution < -0.4 is 5.32 Å². The molecule has 1 aliphatic rings. The van der Waals surface area contributed by atoms with Crippen molar-refractivity contribution in [3.8, 4) is 0 Å². The fraction of sp³-hybridized carbons (Fsp3) is 0.571. The third kappa shape index (κ3) is 3.79. The predicted molar refractivity (Wildman–Crippen MR) is 75.2 cm³/mol. The number of rotatable bonds is 3. The maximum atomic E-state index is 12.7. The molecule has 1 atom stereocenters. The van der Waals surface area contributed by atoms with Crippen molar-refractivity contribution >= 4 is 17.3 Å². The van der Waals surface area contributed by atoms with Gasteiger partial charge >= 0.3 is 6.18 Å². The number of nitrogens with zero attached hydrogens (tertiary/aromatic N) is 1. The molecule has 1 N–H and O–H groups in total. The third-order valence-electron chi connectivity index (χ3n) is 3.55. The van der Waals surface area contributed by atoms with E-state index < -0.39 is 11.7 Å². The summed E-state index contributed by atoms with van der Waals surface area (Å²) in [5.74, 6) is 0. The Balaban J connectivity index is 2.09. The monoisotopic (exact) mass is 306 g/mol. The van der Waals surface area contributed by atoms with E-state index in [2.05, 4.69) is 24.1 Å². The first kappa shape index (κ1) is 15.4. The van der Waals surface area contributed by atoms with Crippen molar-refractivity contribution in [2.45, 2.75) is 38.5 Å². The minimum absolute atomic E-state index is 0.0982. The summed E-state index contributed by atoms with van der Waals surface area (Å²) in [5.41, 5.74) is -0.286. The van der Waals surface area contributed by atoms with Gasteiger partial charge in [0.05, 0.1) is 5.56 Å². The topological polar surface area (TPSA) is 15.3 Å². The van der Waals surface area contributed by atoms with Crippen LogP contribution in [0, 0.1) is 0 Å². The van der Waals surface area contributed by atoms with E-state index in [0.717, 1.165) is 31.6 Å². The van der Waals surface area contributed by atoms with E-state index in [9.17, 15) is 13.2 Å². The smallest absolute Gasteiger partial charge is 0.381 e. The van der Waals surface area contributed by atoms with Crippen LogP contribution in [0.25, 0.3) is 0 Å². The van der Waals surface area contributed by atoms with Crippen molar-refractivity contribution in [1.82, 2.24) is 4.90 Å². The van der Waals surface area contributed by atoms with Crippen LogP contribution in [0.5, 0.6) is 0 Å². The summed E-state index contributed by atoms with van der Waals surface area (Å²) in [5, 5.41) is 3.25. The second kappa shape index (κ2) is 5.82. The van der Waals surface area contributed by atoms with Crippen LogP contribution in [-0.2, 0) is 6.18 Å². The Morgan fingerprint density at radius 2 is 2.00 bits per heavy atom. The first-order valence-electron chi connectivity index (χ1n) is 6.64. The molecule has 1 unspecified atom stereocenters. The standard InChI is InChI=1S/C14H18ClF3N2/c1-9(2)20-4-3-12(8-20)19-13-6-10(14(16,17)18)5-11(15)7-13/h5-7,9,12,19H,3-4,8H2,1-2H3. The lowest BCUT2D eigenvalue weighted by molar-refractivity contribution is -0.137. The van der Waals surface area contributed by atoms with E-state index in [1.54, 1.807) is 0 Å². The van der Waals surface area contributed by atoms with Crippen LogP contribution in [0.15, 0.2) is 18.2 Å². The molecule has 2 nitrogen and oxygen atoms in total. The number of hydrogen-bond donors (Lipinski definition) is 1. The molecule has 0 amide bonds. The minimum atomic E-state index is -4.37. The Kier molecular flexibility index (Phi) is 4.49. The molecule has 0 radical (unpaired) electrons. The van der Waals surface area contributed by atoms with Crippen molar-refractivity contribution in [3.05, 3.63) is 28.8 Å². The van der Waals surface area contributed by atoms with Gasteiger partial charge in [0.1, 0.15) is 0 Å². The molecule has 0 saturated carbocycles. The van der Waals surface area contributed by atoms with Crippen molar-refractivity contribution in [1.29, 1.82) is 0 Å². The molecule has 1 aromatic rings. The van der Waals surface area contributed by atoms with Gasteiger partial charge in [-0.1, -0.05) is 11.6 Å². The van der Waals surface area contributed by atoms with E-state index in [1.807, 2.05) is 0 Å². The van der Waals surface area contributed by atoms with Crippen LogP contribution in [0.2, 0.25) is 5.02 Å². The Hall–Kier alpha value is -0.940. The predicted octanol–water partition coefficient (Wildman–Crippen LogP) is 4.25. The van der Waals surface area contributed by atoms with Crippen LogP contribution in [0.1, 0.15) is 25.8 Å². The highest BCUT2D eigenvalue weighted by molar-refractivity contribution is 6.30. The molecule has 6 heteroatoms. The van der Waals surface area contributed by atoms with E-state index in [-0.39, 0.29) is 11.1 Å². The lowest BCUT2D eigenvalue weighted by Gasteiger charge is -2.21. The number of anilines is 1. The van der Waals surface area contributed by atoms with Gasteiger partial charge in [-0.15, -0.1) is 0 Å². The highest BCUT2D eigenvalue weighted by Crippen LogP contribution is 2.33. The Bertz CT molecular complexity index is 474. The van der Waals surface area contributed by atoms with Crippen LogP contribution >= 0.6 is 11.6 Å². The first-order valence-corrected chi connectivity index (χ1v) is 7.02. The molecule has 1 fully saturated rings. The highest BCUT2D eigenvalue weighted by Gasteiger charge is 2.31. The normalized spacial score (nSPS) is 20.6. The van der Waals surface area contributed by atoms with Crippen LogP contribution in [0.4, 0.5) is 18.9 Å². The molecule has 2 rings (SSSR count). The average molecular weight is 307 g/mol. The Labute approximate surface area is 121 Å². The number of likely N-dealkylation sites (tertiary alicyclic amines) is 1. The fourth-order valence-electron chi connectivity index (χ4n) is 2.45. The molecular weight excluding hydrogens is 289 g/mol. The lowest BCUT2D eigenvalue weighted by atomic mass is 10.1. The summed E-state index contributed by atoms with van der Waals surface area (Å²) in [4.78, 5) is 2.30. The third-order valence-corrected chi connectivity index (χ3v) is 3.76. The van der Waals surface area contributed by atoms with E-state index in [0.29, 0.717) is 11.7 Å². The first-order chi connectivity index (χ1) is 9.25. The summed E-state index contributed by atoms with van der Waals surface area (Å²) < 4.78 is 38.2. The van der Waals surface area contributed by atoms with Gasteiger partial charge < -0.3 is 5.32 Å². The molecule has 1 saturated heterocycles. The number of benzene rings is 1. The maximum absolute atomic E-state index is 12.7. The molecule has 112 valence electrons. The zero-order valence-electron chi connectivity index (χ0n) is 11.5. The van der Waals surface area contributed by atoms with Gasteiger partial charge in [-0.05, 0) is 38.5 Å². The summed E-state index contributed by atoms with van der Waals surface area (Å²) >= 11 is 5.77. The van der Waals surface area contributed by atoms with Gasteiger partial charge in [0, 0.05) is 35.9 Å². The van der Waals surface area contributed by atoms with Gasteiger partial charge in [0.25, 0.3) is 0 Å². The van der Waals surface area contributed by atoms with Gasteiger partial charge in [-0.25, -0.2) is 0 Å². The van der Waals surface area contributed by atoms with E-state index >= 15 is 0 Å². The molecule has 1 aromatic carbocycles. The van der Waals surface area contributed by atoms with Crippen LogP contribution in [-0.4, -0.2) is 30.1 Å². The Morgan fingerprint density at radius 3 is 2.55 bits per heavy atom. The maximum Gasteiger partial charge on any atom is 0.416 e. The molecule has 0 bridgehead atoms. The average Bonchev–Trinajstić information content (AvgIpc) is 2.75. The number of halogens is 4. The minimum Gasteiger partial charge on any atom is -0.381 e. The summed E-state index contributed by atoms with van der Waals surface area (Å²) in [6, 6.07) is 4.21. The largest absolute Gasteiger partial charge is 0.416 e. The summed E-state index contributed by atoms with van der Waals surface area (Å²) in [6.45, 7) is 6.03. The summed E-state index contributed by atoms with van der Waals surface area (Å²) in [7, 11) is 0. The second-order valence-corrected chi connectivity index (χ2v) is 5.88. The van der Waals surface area contributed by atoms with Crippen molar-refractivity contribution in [2.24, 2.45) is 0 Å². The number of hydrogen-bond acceptors (Lipinski definition) is 2.